The number of hydrogen-bond donors (Lipinski definition) is 0. The zero-order valence-corrected chi connectivity index (χ0v) is 42.0. The molecule has 0 N–H and O–H groups in total. The zero-order chi connectivity index (χ0) is 49.5. The minimum atomic E-state index is -0.348. The van der Waals surface area contributed by atoms with Crippen LogP contribution in [0.25, 0.3) is 122 Å². The number of para-hydroxylation sites is 2. The summed E-state index contributed by atoms with van der Waals surface area (Å²) in [6.07, 6.45) is 0. The van der Waals surface area contributed by atoms with E-state index in [0.717, 1.165) is 0 Å². The summed E-state index contributed by atoms with van der Waals surface area (Å²) in [5, 5.41) is 5.26. The summed E-state index contributed by atoms with van der Waals surface area (Å²) < 4.78 is 5.27. The topological polar surface area (TPSA) is 9.86 Å². The molecular formula is C72H52N2. The van der Waals surface area contributed by atoms with Crippen molar-refractivity contribution < 1.29 is 0 Å². The third-order valence-corrected chi connectivity index (χ3v) is 16.8. The molecule has 0 saturated carbocycles. The minimum absolute atomic E-state index is 0.348. The van der Waals surface area contributed by atoms with Crippen molar-refractivity contribution >= 4 is 43.6 Å². The number of rotatable bonds is 6. The summed E-state index contributed by atoms with van der Waals surface area (Å²) in [5.41, 5.74) is 26.9. The van der Waals surface area contributed by atoms with Gasteiger partial charge < -0.3 is 9.13 Å². The highest BCUT2D eigenvalue weighted by atomic mass is 15.0. The Balaban J connectivity index is 1.07. The molecule has 0 spiro atoms. The van der Waals surface area contributed by atoms with Gasteiger partial charge in [-0.2, -0.15) is 0 Å². The number of hydrogen-bond acceptors (Lipinski definition) is 0. The number of aromatic nitrogens is 2. The van der Waals surface area contributed by atoms with Gasteiger partial charge in [-0.1, -0.05) is 198 Å². The van der Waals surface area contributed by atoms with Gasteiger partial charge in [0.25, 0.3) is 0 Å². The lowest BCUT2D eigenvalue weighted by Gasteiger charge is -2.39. The predicted molar refractivity (Wildman–Crippen MR) is 312 cm³/mol. The second-order valence-electron chi connectivity index (χ2n) is 21.7. The second-order valence-corrected chi connectivity index (χ2v) is 21.7. The summed E-state index contributed by atoms with van der Waals surface area (Å²) in [5.74, 6) is 0. The van der Waals surface area contributed by atoms with E-state index in [9.17, 15) is 0 Å². The van der Waals surface area contributed by atoms with Gasteiger partial charge >= 0.3 is 0 Å². The Morgan fingerprint density at radius 3 is 0.865 bits per heavy atom. The summed E-state index contributed by atoms with van der Waals surface area (Å²) in [6.45, 7) is 9.89. The molecule has 0 bridgehead atoms. The number of nitrogens with zero attached hydrogens (tertiary/aromatic N) is 2. The summed E-state index contributed by atoms with van der Waals surface area (Å²) in [4.78, 5) is 0. The maximum absolute atomic E-state index is 2.63. The highest BCUT2D eigenvalue weighted by Gasteiger charge is 2.44. The summed E-state index contributed by atoms with van der Waals surface area (Å²) in [6, 6.07) is 90.5. The molecular weight excluding hydrogens is 893 g/mol. The van der Waals surface area contributed by atoms with Crippen molar-refractivity contribution in [3.63, 3.8) is 0 Å². The fourth-order valence-electron chi connectivity index (χ4n) is 13.3. The van der Waals surface area contributed by atoms with Gasteiger partial charge in [0.15, 0.2) is 0 Å². The van der Waals surface area contributed by atoms with E-state index < -0.39 is 0 Å². The molecule has 2 aliphatic heterocycles. The Morgan fingerprint density at radius 1 is 0.257 bits per heavy atom. The van der Waals surface area contributed by atoms with Crippen molar-refractivity contribution in [2.45, 2.75) is 38.5 Å². The van der Waals surface area contributed by atoms with Crippen LogP contribution in [0.1, 0.15) is 49.9 Å². The first-order valence-electron chi connectivity index (χ1n) is 26.1. The molecule has 0 radical (unpaired) electrons. The van der Waals surface area contributed by atoms with E-state index in [1.54, 1.807) is 0 Å². The van der Waals surface area contributed by atoms with Crippen LogP contribution in [-0.2, 0) is 10.8 Å². The average Bonchev–Trinajstić information content (AvgIpc) is 4.09. The molecule has 11 aromatic carbocycles. The van der Waals surface area contributed by atoms with Crippen LogP contribution in [0, 0.1) is 0 Å². The molecule has 2 heteroatoms. The third kappa shape index (κ3) is 6.12. The molecule has 74 heavy (non-hydrogen) atoms. The normalized spacial score (nSPS) is 13.9. The Kier molecular flexibility index (Phi) is 9.09. The fourth-order valence-corrected chi connectivity index (χ4v) is 13.3. The van der Waals surface area contributed by atoms with Crippen LogP contribution >= 0.6 is 0 Å². The predicted octanol–water partition coefficient (Wildman–Crippen LogP) is 19.2. The van der Waals surface area contributed by atoms with E-state index in [-0.39, 0.29) is 10.8 Å². The molecule has 2 aliphatic rings. The van der Waals surface area contributed by atoms with Gasteiger partial charge in [-0.25, -0.2) is 0 Å². The van der Waals surface area contributed by atoms with Crippen molar-refractivity contribution in [3.8, 4) is 78.1 Å². The average molecular weight is 945 g/mol. The Hall–Kier alpha value is -8.98. The first-order chi connectivity index (χ1) is 36.2. The highest BCUT2D eigenvalue weighted by molar-refractivity contribution is 6.26. The number of fused-ring (bicyclic) bond motifs is 12. The van der Waals surface area contributed by atoms with Gasteiger partial charge in [0.1, 0.15) is 0 Å². The largest absolute Gasteiger partial charge is 0.309 e. The van der Waals surface area contributed by atoms with Gasteiger partial charge in [0, 0.05) is 32.4 Å². The van der Waals surface area contributed by atoms with Gasteiger partial charge in [0.2, 0.25) is 0 Å². The third-order valence-electron chi connectivity index (χ3n) is 16.8. The van der Waals surface area contributed by atoms with Crippen LogP contribution in [0.15, 0.2) is 243 Å². The Morgan fingerprint density at radius 2 is 0.541 bits per heavy atom. The maximum atomic E-state index is 2.63. The maximum Gasteiger partial charge on any atom is 0.0592 e. The smallest absolute Gasteiger partial charge is 0.0592 e. The van der Waals surface area contributed by atoms with Crippen molar-refractivity contribution in [1.82, 2.24) is 9.13 Å². The van der Waals surface area contributed by atoms with Gasteiger partial charge in [-0.05, 0) is 162 Å². The van der Waals surface area contributed by atoms with E-state index in [4.69, 9.17) is 0 Å². The molecule has 0 aliphatic carbocycles. The van der Waals surface area contributed by atoms with E-state index in [1.807, 2.05) is 0 Å². The summed E-state index contributed by atoms with van der Waals surface area (Å²) >= 11 is 0. The van der Waals surface area contributed by atoms with E-state index in [2.05, 4.69) is 279 Å². The van der Waals surface area contributed by atoms with Crippen molar-refractivity contribution in [2.24, 2.45) is 0 Å². The van der Waals surface area contributed by atoms with Gasteiger partial charge in [0.05, 0.1) is 33.4 Å². The van der Waals surface area contributed by atoms with Gasteiger partial charge in [-0.15, -0.1) is 0 Å². The molecule has 2 nitrogen and oxygen atoms in total. The first kappa shape index (κ1) is 42.7. The van der Waals surface area contributed by atoms with Crippen LogP contribution in [0.2, 0.25) is 0 Å². The Bertz CT molecular complexity index is 4030. The lowest BCUT2D eigenvalue weighted by atomic mass is 9.68. The SMILES string of the molecule is CC1(C)c2ccccc2-n2c3ccc(-c4cc(-c5ccccc5)cc(-c5ccccc5)c4)cc3c3c4c5c(c1c32)c1cc(-c2cc(-c3ccccc3)cc(-c3ccccc3)c2)ccc1n5-c1ccccc1C4(C)C. The number of benzene rings is 11. The van der Waals surface area contributed by atoms with Crippen molar-refractivity contribution in [1.29, 1.82) is 0 Å². The fraction of sp³-hybridized carbons (Fsp3) is 0.0833. The minimum Gasteiger partial charge on any atom is -0.309 e. The quantitative estimate of drug-likeness (QED) is 0.157. The van der Waals surface area contributed by atoms with Crippen molar-refractivity contribution in [2.75, 3.05) is 0 Å². The molecule has 4 heterocycles. The molecule has 0 unspecified atom stereocenters. The van der Waals surface area contributed by atoms with E-state index in [1.165, 1.54) is 144 Å². The lowest BCUT2D eigenvalue weighted by Crippen LogP contribution is -2.30. The molecule has 13 aromatic rings. The molecule has 0 saturated heterocycles. The molecule has 15 rings (SSSR count). The Labute approximate surface area is 432 Å². The zero-order valence-electron chi connectivity index (χ0n) is 42.0. The monoisotopic (exact) mass is 944 g/mol. The summed E-state index contributed by atoms with van der Waals surface area (Å²) in [7, 11) is 0. The van der Waals surface area contributed by atoms with Gasteiger partial charge in [-0.3, -0.25) is 0 Å². The van der Waals surface area contributed by atoms with Crippen LogP contribution in [-0.4, -0.2) is 9.13 Å². The molecule has 2 aromatic heterocycles. The molecule has 0 amide bonds. The standard InChI is InChI=1S/C72H52N2/c1-71(2)59-29-17-19-31-63(59)73-62-36-34-50(56-41-53(47-25-13-7-14-26-47)38-54(42-56)48-27-15-8-16-28-48)44-58(62)66-68-70-65(67(71)69(66)73)57-43-49(33-35-61(57)74(70)64-32-20-18-30-60(64)72(68,3)4)55-39-51(45-21-9-5-10-22-45)37-52(40-55)46-23-11-6-12-24-46/h5-44H,1-4H3. The highest BCUT2D eigenvalue weighted by Crippen LogP contribution is 2.59. The molecule has 350 valence electrons. The first-order valence-corrected chi connectivity index (χ1v) is 26.1. The van der Waals surface area contributed by atoms with Crippen molar-refractivity contribution in [3.05, 3.63) is 265 Å². The van der Waals surface area contributed by atoms with E-state index >= 15 is 0 Å². The molecule has 0 atom stereocenters. The van der Waals surface area contributed by atoms with Crippen LogP contribution in [0.3, 0.4) is 0 Å². The van der Waals surface area contributed by atoms with Crippen LogP contribution < -0.4 is 0 Å². The van der Waals surface area contributed by atoms with Crippen LogP contribution in [0.4, 0.5) is 0 Å². The second kappa shape index (κ2) is 15.8. The van der Waals surface area contributed by atoms with E-state index in [0.29, 0.717) is 0 Å². The molecule has 0 fully saturated rings. The lowest BCUT2D eigenvalue weighted by molar-refractivity contribution is 0.626. The van der Waals surface area contributed by atoms with Crippen LogP contribution in [0.5, 0.6) is 0 Å².